The Morgan fingerprint density at radius 1 is 0.778 bits per heavy atom. The molecule has 146 valence electrons. The van der Waals surface area contributed by atoms with Gasteiger partial charge in [-0.1, -0.05) is 75.6 Å². The average molecular weight is 405 g/mol. The van der Waals surface area contributed by atoms with Crippen molar-refractivity contribution >= 4 is 22.8 Å². The van der Waals surface area contributed by atoms with Crippen molar-refractivity contribution in [1.82, 2.24) is 0 Å². The van der Waals surface area contributed by atoms with Gasteiger partial charge in [-0.25, -0.2) is 4.99 Å². The van der Waals surface area contributed by atoms with Crippen molar-refractivity contribution in [3.05, 3.63) is 72.8 Å². The summed E-state index contributed by atoms with van der Waals surface area (Å²) in [6, 6.07) is 20.3. The number of aliphatic imine (C=N–C) groups is 2. The van der Waals surface area contributed by atoms with E-state index in [1.54, 1.807) is 0 Å². The molecule has 0 aromatic heterocycles. The van der Waals surface area contributed by atoms with Crippen LogP contribution < -0.4 is 0 Å². The number of rotatable bonds is 10. The number of benzene rings is 2. The van der Waals surface area contributed by atoms with Crippen LogP contribution in [0, 0.1) is 0 Å². The molecule has 0 amide bonds. The second-order valence-electron chi connectivity index (χ2n) is 6.37. The molecule has 0 unspecified atom stereocenters. The van der Waals surface area contributed by atoms with Crippen LogP contribution >= 0.6 is 0 Å². The molecule has 0 spiro atoms. The largest absolute Gasteiger partial charge is 0.251 e. The summed E-state index contributed by atoms with van der Waals surface area (Å²) in [6.45, 7) is 4.42. The molecule has 0 saturated heterocycles. The SMILES string of the molecule is CCC/C=C/C(=Nc1ccccc1)C(CCCCC)=Nc1ccccc1.[Ni]. The molecule has 0 N–H and O–H groups in total. The van der Waals surface area contributed by atoms with Crippen molar-refractivity contribution in [2.45, 2.75) is 52.4 Å². The number of hydrogen-bond donors (Lipinski definition) is 0. The number of para-hydroxylation sites is 2. The molecule has 2 nitrogen and oxygen atoms in total. The van der Waals surface area contributed by atoms with Crippen LogP contribution in [0.2, 0.25) is 0 Å². The average Bonchev–Trinajstić information content (AvgIpc) is 2.68. The Hall–Kier alpha value is -1.99. The molecule has 27 heavy (non-hydrogen) atoms. The van der Waals surface area contributed by atoms with Gasteiger partial charge in [0.1, 0.15) is 0 Å². The van der Waals surface area contributed by atoms with E-state index in [9.17, 15) is 0 Å². The summed E-state index contributed by atoms with van der Waals surface area (Å²) < 4.78 is 0. The van der Waals surface area contributed by atoms with Gasteiger partial charge < -0.3 is 0 Å². The zero-order valence-electron chi connectivity index (χ0n) is 16.4. The van der Waals surface area contributed by atoms with Crippen LogP contribution in [-0.2, 0) is 16.5 Å². The summed E-state index contributed by atoms with van der Waals surface area (Å²) >= 11 is 0. The second-order valence-corrected chi connectivity index (χ2v) is 6.37. The number of nitrogens with zero attached hydrogens (tertiary/aromatic N) is 2. The minimum atomic E-state index is 0. The third kappa shape index (κ3) is 8.97. The molecule has 0 aliphatic heterocycles. The molecular formula is C24H30N2Ni. The van der Waals surface area contributed by atoms with E-state index in [0.717, 1.165) is 48.5 Å². The summed E-state index contributed by atoms with van der Waals surface area (Å²) in [5.41, 5.74) is 4.01. The minimum absolute atomic E-state index is 0. The van der Waals surface area contributed by atoms with Gasteiger partial charge in [0.15, 0.2) is 0 Å². The Labute approximate surface area is 174 Å². The summed E-state index contributed by atoms with van der Waals surface area (Å²) in [4.78, 5) is 9.84. The predicted octanol–water partition coefficient (Wildman–Crippen LogP) is 7.47. The van der Waals surface area contributed by atoms with Gasteiger partial charge in [0.25, 0.3) is 0 Å². The first kappa shape index (κ1) is 23.1. The van der Waals surface area contributed by atoms with E-state index in [0.29, 0.717) is 0 Å². The first-order valence-electron chi connectivity index (χ1n) is 9.76. The van der Waals surface area contributed by atoms with Crippen LogP contribution in [-0.4, -0.2) is 11.4 Å². The summed E-state index contributed by atoms with van der Waals surface area (Å²) in [5, 5.41) is 0. The summed E-state index contributed by atoms with van der Waals surface area (Å²) in [6.07, 6.45) is 11.0. The van der Waals surface area contributed by atoms with Crippen LogP contribution in [0.3, 0.4) is 0 Å². The molecule has 0 atom stereocenters. The van der Waals surface area contributed by atoms with E-state index in [1.165, 1.54) is 12.8 Å². The molecule has 0 fully saturated rings. The fourth-order valence-corrected chi connectivity index (χ4v) is 2.64. The van der Waals surface area contributed by atoms with Crippen LogP contribution in [0.5, 0.6) is 0 Å². The van der Waals surface area contributed by atoms with Crippen molar-refractivity contribution < 1.29 is 16.5 Å². The fraction of sp³-hybridized carbons (Fsp3) is 0.333. The second kappa shape index (κ2) is 14.1. The molecule has 2 aromatic rings. The van der Waals surface area contributed by atoms with E-state index >= 15 is 0 Å². The maximum atomic E-state index is 4.94. The Bertz CT molecular complexity index is 719. The molecule has 0 bridgehead atoms. The number of hydrogen-bond acceptors (Lipinski definition) is 2. The van der Waals surface area contributed by atoms with E-state index in [2.05, 4.69) is 38.1 Å². The van der Waals surface area contributed by atoms with Gasteiger partial charge in [0.2, 0.25) is 0 Å². The first-order valence-corrected chi connectivity index (χ1v) is 9.76. The molecule has 0 heterocycles. The smallest absolute Gasteiger partial charge is 0.0848 e. The fourth-order valence-electron chi connectivity index (χ4n) is 2.64. The molecule has 2 aromatic carbocycles. The molecule has 0 aliphatic rings. The molecule has 3 heteroatoms. The quantitative estimate of drug-likeness (QED) is 0.223. The monoisotopic (exact) mass is 404 g/mol. The van der Waals surface area contributed by atoms with Crippen LogP contribution in [0.25, 0.3) is 0 Å². The molecule has 0 radical (unpaired) electrons. The third-order valence-corrected chi connectivity index (χ3v) is 4.07. The van der Waals surface area contributed by atoms with E-state index < -0.39 is 0 Å². The van der Waals surface area contributed by atoms with Crippen LogP contribution in [0.1, 0.15) is 52.4 Å². The molecule has 0 saturated carbocycles. The number of unbranched alkanes of at least 4 members (excludes halogenated alkanes) is 3. The Balaban J connectivity index is 0.00000364. The van der Waals surface area contributed by atoms with Gasteiger partial charge in [-0.3, -0.25) is 4.99 Å². The topological polar surface area (TPSA) is 24.7 Å². The summed E-state index contributed by atoms with van der Waals surface area (Å²) in [7, 11) is 0. The van der Waals surface area contributed by atoms with E-state index in [-0.39, 0.29) is 16.5 Å². The van der Waals surface area contributed by atoms with E-state index in [4.69, 9.17) is 9.98 Å². The van der Waals surface area contributed by atoms with Crippen molar-refractivity contribution in [1.29, 1.82) is 0 Å². The van der Waals surface area contributed by atoms with Crippen molar-refractivity contribution in [3.63, 3.8) is 0 Å². The van der Waals surface area contributed by atoms with Crippen LogP contribution in [0.4, 0.5) is 11.4 Å². The maximum Gasteiger partial charge on any atom is 0.0848 e. The zero-order valence-corrected chi connectivity index (χ0v) is 17.4. The van der Waals surface area contributed by atoms with Gasteiger partial charge in [0, 0.05) is 16.5 Å². The Morgan fingerprint density at radius 2 is 1.37 bits per heavy atom. The van der Waals surface area contributed by atoms with Gasteiger partial charge in [-0.15, -0.1) is 0 Å². The van der Waals surface area contributed by atoms with Crippen LogP contribution in [0.15, 0.2) is 82.8 Å². The third-order valence-electron chi connectivity index (χ3n) is 4.07. The minimum Gasteiger partial charge on any atom is -0.251 e. The normalized spacial score (nSPS) is 12.2. The van der Waals surface area contributed by atoms with Gasteiger partial charge in [-0.2, -0.15) is 0 Å². The van der Waals surface area contributed by atoms with Crippen molar-refractivity contribution in [2.75, 3.05) is 0 Å². The van der Waals surface area contributed by atoms with Gasteiger partial charge >= 0.3 is 0 Å². The van der Waals surface area contributed by atoms with Crippen molar-refractivity contribution in [2.24, 2.45) is 9.98 Å². The number of allylic oxidation sites excluding steroid dienone is 2. The standard InChI is InChI=1S/C24H30N2.Ni/c1-3-5-9-19-23(25-21-15-11-7-12-16-21)24(20-10-6-4-2)26-22-17-13-8-14-18-22;/h7-9,11-19H,3-6,10,20H2,1-2H3;/b19-9+,25-23?,26-24?;. The first-order chi connectivity index (χ1) is 12.8. The summed E-state index contributed by atoms with van der Waals surface area (Å²) in [5.74, 6) is 0. The van der Waals surface area contributed by atoms with Gasteiger partial charge in [-0.05, 0) is 49.6 Å². The Morgan fingerprint density at radius 3 is 1.93 bits per heavy atom. The maximum absolute atomic E-state index is 4.94. The van der Waals surface area contributed by atoms with E-state index in [1.807, 2.05) is 48.5 Å². The zero-order chi connectivity index (χ0) is 18.5. The van der Waals surface area contributed by atoms with Crippen molar-refractivity contribution in [3.8, 4) is 0 Å². The van der Waals surface area contributed by atoms with Gasteiger partial charge in [0.05, 0.1) is 22.8 Å². The molecule has 0 aliphatic carbocycles. The molecule has 2 rings (SSSR count). The Kier molecular flexibility index (Phi) is 12.1. The molecular weight excluding hydrogens is 375 g/mol. The predicted molar refractivity (Wildman–Crippen MR) is 115 cm³/mol.